The molecule has 27 heavy (non-hydrogen) atoms. The summed E-state index contributed by atoms with van der Waals surface area (Å²) in [7, 11) is 0. The van der Waals surface area contributed by atoms with Crippen molar-refractivity contribution in [2.75, 3.05) is 5.32 Å². The van der Waals surface area contributed by atoms with Crippen molar-refractivity contribution in [3.63, 3.8) is 0 Å². The average Bonchev–Trinajstić information content (AvgIpc) is 3.21. The quantitative estimate of drug-likeness (QED) is 0.566. The molecule has 0 bridgehead atoms. The van der Waals surface area contributed by atoms with Gasteiger partial charge in [-0.2, -0.15) is 0 Å². The molecule has 2 aromatic carbocycles. The van der Waals surface area contributed by atoms with Crippen LogP contribution in [0.25, 0.3) is 22.3 Å². The molecule has 7 heteroatoms. The van der Waals surface area contributed by atoms with Crippen molar-refractivity contribution in [3.8, 4) is 17.0 Å². The van der Waals surface area contributed by atoms with Crippen molar-refractivity contribution in [3.05, 3.63) is 66.3 Å². The van der Waals surface area contributed by atoms with Crippen molar-refractivity contribution in [2.24, 2.45) is 0 Å². The summed E-state index contributed by atoms with van der Waals surface area (Å²) < 4.78 is 5.71. The van der Waals surface area contributed by atoms with Crippen molar-refractivity contribution < 1.29 is 9.53 Å². The number of rotatable bonds is 5. The minimum absolute atomic E-state index is 0.241. The summed E-state index contributed by atoms with van der Waals surface area (Å²) in [4.78, 5) is 25.2. The highest BCUT2D eigenvalue weighted by Gasteiger charge is 2.16. The third-order valence-electron chi connectivity index (χ3n) is 3.94. The Hall–Kier alpha value is -3.32. The number of fused-ring (bicyclic) bond motifs is 1. The zero-order chi connectivity index (χ0) is 18.6. The van der Waals surface area contributed by atoms with Crippen LogP contribution >= 0.6 is 11.3 Å². The number of amides is 1. The number of benzene rings is 2. The van der Waals surface area contributed by atoms with Gasteiger partial charge >= 0.3 is 0 Å². The van der Waals surface area contributed by atoms with Crippen molar-refractivity contribution in [1.29, 1.82) is 0 Å². The van der Waals surface area contributed by atoms with E-state index >= 15 is 0 Å². The van der Waals surface area contributed by atoms with Crippen LogP contribution in [-0.4, -0.2) is 27.0 Å². The average molecular weight is 376 g/mol. The molecule has 4 aromatic rings. The second-order valence-corrected chi connectivity index (χ2v) is 6.75. The van der Waals surface area contributed by atoms with Crippen LogP contribution in [0.15, 0.2) is 66.3 Å². The Morgan fingerprint density at radius 2 is 1.85 bits per heavy atom. The highest BCUT2D eigenvalue weighted by atomic mass is 32.1. The van der Waals surface area contributed by atoms with E-state index < -0.39 is 6.10 Å². The van der Waals surface area contributed by atoms with E-state index in [-0.39, 0.29) is 5.91 Å². The lowest BCUT2D eigenvalue weighted by Crippen LogP contribution is -2.30. The van der Waals surface area contributed by atoms with Crippen LogP contribution in [-0.2, 0) is 4.79 Å². The van der Waals surface area contributed by atoms with Crippen LogP contribution in [0.4, 0.5) is 5.13 Å². The van der Waals surface area contributed by atoms with Crippen LogP contribution in [0.5, 0.6) is 5.75 Å². The van der Waals surface area contributed by atoms with Crippen molar-refractivity contribution in [1.82, 2.24) is 15.0 Å². The van der Waals surface area contributed by atoms with E-state index in [9.17, 15) is 4.79 Å². The van der Waals surface area contributed by atoms with Gasteiger partial charge in [-0.15, -0.1) is 11.3 Å². The number of thiazole rings is 1. The van der Waals surface area contributed by atoms with E-state index in [2.05, 4.69) is 20.3 Å². The molecule has 0 saturated carbocycles. The number of aromatic nitrogens is 3. The zero-order valence-electron chi connectivity index (χ0n) is 14.5. The maximum atomic E-state index is 12.1. The number of hydrogen-bond acceptors (Lipinski definition) is 6. The Balaban J connectivity index is 1.45. The number of ether oxygens (including phenoxy) is 1. The van der Waals surface area contributed by atoms with Gasteiger partial charge in [-0.25, -0.2) is 9.97 Å². The summed E-state index contributed by atoms with van der Waals surface area (Å²) in [6.07, 6.45) is 2.75. The molecular formula is C20H16N4O2S. The Labute approximate surface area is 159 Å². The van der Waals surface area contributed by atoms with Gasteiger partial charge in [0.1, 0.15) is 5.75 Å². The molecule has 2 heterocycles. The molecule has 1 unspecified atom stereocenters. The number of para-hydroxylation sites is 2. The second-order valence-electron chi connectivity index (χ2n) is 5.85. The summed E-state index contributed by atoms with van der Waals surface area (Å²) in [6.45, 7) is 1.70. The number of carbonyl (C=O) groups is 1. The summed E-state index contributed by atoms with van der Waals surface area (Å²) in [6, 6.07) is 15.2. The molecule has 4 rings (SSSR count). The van der Waals surface area contributed by atoms with Gasteiger partial charge in [0.05, 0.1) is 22.9 Å². The molecule has 0 spiro atoms. The van der Waals surface area contributed by atoms with E-state index in [1.54, 1.807) is 24.7 Å². The van der Waals surface area contributed by atoms with E-state index in [4.69, 9.17) is 4.74 Å². The van der Waals surface area contributed by atoms with Crippen LogP contribution in [0, 0.1) is 0 Å². The van der Waals surface area contributed by atoms with Gasteiger partial charge in [0.15, 0.2) is 11.2 Å². The molecular weight excluding hydrogens is 360 g/mol. The summed E-state index contributed by atoms with van der Waals surface area (Å²) in [5, 5.41) is 5.08. The minimum atomic E-state index is -0.639. The fraction of sp³-hybridized carbons (Fsp3) is 0.100. The summed E-state index contributed by atoms with van der Waals surface area (Å²) >= 11 is 1.36. The number of anilines is 1. The molecule has 6 nitrogen and oxygen atoms in total. The smallest absolute Gasteiger partial charge is 0.266 e. The van der Waals surface area contributed by atoms with Gasteiger partial charge in [-0.1, -0.05) is 12.1 Å². The maximum absolute atomic E-state index is 12.1. The van der Waals surface area contributed by atoms with E-state index in [0.29, 0.717) is 10.9 Å². The molecule has 0 fully saturated rings. The molecule has 0 aliphatic carbocycles. The van der Waals surface area contributed by atoms with Crippen molar-refractivity contribution in [2.45, 2.75) is 13.0 Å². The Morgan fingerprint density at radius 3 is 2.59 bits per heavy atom. The highest BCUT2D eigenvalue weighted by Crippen LogP contribution is 2.23. The normalized spacial score (nSPS) is 11.9. The standard InChI is InChI=1S/C20H16N4O2S/c1-13(19(25)24-20-21-10-11-27-20)26-15-8-6-14(7-9-15)18-12-22-16-4-2-3-5-17(16)23-18/h2-13H,1H3,(H,21,24,25). The van der Waals surface area contributed by atoms with Gasteiger partial charge in [-0.05, 0) is 43.3 Å². The summed E-state index contributed by atoms with van der Waals surface area (Å²) in [5.74, 6) is 0.365. The number of nitrogens with zero attached hydrogens (tertiary/aromatic N) is 3. The first kappa shape index (κ1) is 17.1. The Kier molecular flexibility index (Phi) is 4.76. The number of carbonyl (C=O) groups excluding carboxylic acids is 1. The topological polar surface area (TPSA) is 77.0 Å². The molecule has 0 aliphatic rings. The van der Waals surface area contributed by atoms with E-state index in [1.165, 1.54) is 11.3 Å². The van der Waals surface area contributed by atoms with Gasteiger partial charge in [0.25, 0.3) is 5.91 Å². The fourth-order valence-electron chi connectivity index (χ4n) is 2.55. The van der Waals surface area contributed by atoms with Crippen LogP contribution in [0.1, 0.15) is 6.92 Å². The Morgan fingerprint density at radius 1 is 1.07 bits per heavy atom. The second kappa shape index (κ2) is 7.51. The molecule has 1 N–H and O–H groups in total. The van der Waals surface area contributed by atoms with Gasteiger partial charge < -0.3 is 4.74 Å². The SMILES string of the molecule is CC(Oc1ccc(-c2cnc3ccccc3n2)cc1)C(=O)Nc1nccs1. The molecule has 0 saturated heterocycles. The lowest BCUT2D eigenvalue weighted by Gasteiger charge is -2.14. The van der Waals surface area contributed by atoms with Gasteiger partial charge in [0.2, 0.25) is 0 Å². The van der Waals surface area contributed by atoms with Crippen molar-refractivity contribution >= 4 is 33.4 Å². The Bertz CT molecular complexity index is 1070. The minimum Gasteiger partial charge on any atom is -0.481 e. The van der Waals surface area contributed by atoms with Crippen LogP contribution < -0.4 is 10.1 Å². The van der Waals surface area contributed by atoms with Gasteiger partial charge in [-0.3, -0.25) is 15.1 Å². The van der Waals surface area contributed by atoms with E-state index in [0.717, 1.165) is 22.3 Å². The number of hydrogen-bond donors (Lipinski definition) is 1. The molecule has 1 atom stereocenters. The maximum Gasteiger partial charge on any atom is 0.266 e. The van der Waals surface area contributed by atoms with E-state index in [1.807, 2.05) is 48.5 Å². The monoisotopic (exact) mass is 376 g/mol. The van der Waals surface area contributed by atoms with Crippen LogP contribution in [0.2, 0.25) is 0 Å². The number of nitrogens with one attached hydrogen (secondary N) is 1. The fourth-order valence-corrected chi connectivity index (χ4v) is 3.08. The first-order valence-corrected chi connectivity index (χ1v) is 9.26. The molecule has 2 aromatic heterocycles. The first-order valence-electron chi connectivity index (χ1n) is 8.38. The predicted molar refractivity (Wildman–Crippen MR) is 106 cm³/mol. The molecule has 134 valence electrons. The molecule has 1 amide bonds. The van der Waals surface area contributed by atoms with Crippen LogP contribution in [0.3, 0.4) is 0 Å². The largest absolute Gasteiger partial charge is 0.481 e. The summed E-state index contributed by atoms with van der Waals surface area (Å²) in [5.41, 5.74) is 3.43. The first-order chi connectivity index (χ1) is 13.2. The molecule has 0 aliphatic heterocycles. The highest BCUT2D eigenvalue weighted by molar-refractivity contribution is 7.13. The molecule has 0 radical (unpaired) electrons. The third-order valence-corrected chi connectivity index (χ3v) is 4.63. The third kappa shape index (κ3) is 3.93. The predicted octanol–water partition coefficient (Wildman–Crippen LogP) is 4.16. The lowest BCUT2D eigenvalue weighted by molar-refractivity contribution is -0.122. The lowest BCUT2D eigenvalue weighted by atomic mass is 10.1. The van der Waals surface area contributed by atoms with Gasteiger partial charge in [0, 0.05) is 17.1 Å². The zero-order valence-corrected chi connectivity index (χ0v) is 15.3.